The monoisotopic (exact) mass is 297 g/mol. The molecule has 0 saturated carbocycles. The van der Waals surface area contributed by atoms with Crippen LogP contribution in [0.3, 0.4) is 0 Å². The molecule has 4 nitrogen and oxygen atoms in total. The molecule has 0 aliphatic rings. The average Bonchev–Trinajstić information content (AvgIpc) is 2.85. The minimum Gasteiger partial charge on any atom is -0.493 e. The second kappa shape index (κ2) is 5.81. The summed E-state index contributed by atoms with van der Waals surface area (Å²) in [4.78, 5) is 0. The molecular formula is C14H17ClFN3O. The number of nitrogens with two attached hydrogens (primary N) is 1. The largest absolute Gasteiger partial charge is 0.493 e. The molecule has 0 amide bonds. The Kier molecular flexibility index (Phi) is 4.30. The van der Waals surface area contributed by atoms with E-state index < -0.39 is 11.9 Å². The lowest BCUT2D eigenvalue weighted by molar-refractivity contribution is 0.401. The molecule has 0 radical (unpaired) electrons. The Morgan fingerprint density at radius 2 is 2.10 bits per heavy atom. The third-order valence-corrected chi connectivity index (χ3v) is 3.52. The first kappa shape index (κ1) is 14.8. The van der Waals surface area contributed by atoms with E-state index in [1.54, 1.807) is 30.1 Å². The summed E-state index contributed by atoms with van der Waals surface area (Å²) in [5, 5.41) is 4.29. The molecule has 1 unspecified atom stereocenters. The first-order valence-corrected chi connectivity index (χ1v) is 6.66. The molecule has 1 aromatic carbocycles. The van der Waals surface area contributed by atoms with E-state index in [1.165, 1.54) is 6.07 Å². The Balaban J connectivity index is 2.55. The Hall–Kier alpha value is -1.59. The van der Waals surface area contributed by atoms with Crippen molar-refractivity contribution in [3.05, 3.63) is 46.5 Å². The number of benzene rings is 1. The third-order valence-electron chi connectivity index (χ3n) is 3.12. The smallest absolute Gasteiger partial charge is 0.161 e. The number of rotatable bonds is 4. The second-order valence-corrected chi connectivity index (χ2v) is 5.14. The molecule has 0 bridgehead atoms. The predicted molar refractivity (Wildman–Crippen MR) is 76.6 cm³/mol. The van der Waals surface area contributed by atoms with Crippen LogP contribution in [-0.4, -0.2) is 16.9 Å². The Bertz CT molecular complexity index is 612. The van der Waals surface area contributed by atoms with E-state index in [9.17, 15) is 4.39 Å². The highest BCUT2D eigenvalue weighted by atomic mass is 35.5. The minimum atomic E-state index is -0.613. The van der Waals surface area contributed by atoms with Crippen LogP contribution in [0.5, 0.6) is 5.75 Å². The van der Waals surface area contributed by atoms with Gasteiger partial charge in [-0.15, -0.1) is 0 Å². The van der Waals surface area contributed by atoms with Crippen molar-refractivity contribution in [3.63, 3.8) is 0 Å². The van der Waals surface area contributed by atoms with Crippen molar-refractivity contribution < 1.29 is 9.13 Å². The molecule has 108 valence electrons. The first-order chi connectivity index (χ1) is 9.47. The van der Waals surface area contributed by atoms with Crippen LogP contribution in [0.25, 0.3) is 0 Å². The number of hydrogen-bond acceptors (Lipinski definition) is 3. The van der Waals surface area contributed by atoms with Gasteiger partial charge < -0.3 is 10.5 Å². The maximum atomic E-state index is 13.6. The number of halogens is 2. The van der Waals surface area contributed by atoms with Crippen LogP contribution in [0.1, 0.15) is 37.2 Å². The van der Waals surface area contributed by atoms with E-state index in [4.69, 9.17) is 22.1 Å². The molecular weight excluding hydrogens is 281 g/mol. The Morgan fingerprint density at radius 1 is 1.40 bits per heavy atom. The van der Waals surface area contributed by atoms with E-state index in [0.717, 1.165) is 0 Å². The van der Waals surface area contributed by atoms with Crippen molar-refractivity contribution in [2.24, 2.45) is 5.73 Å². The van der Waals surface area contributed by atoms with Crippen molar-refractivity contribution in [2.75, 3.05) is 7.11 Å². The molecule has 2 aromatic rings. The van der Waals surface area contributed by atoms with Crippen LogP contribution in [-0.2, 0) is 0 Å². The zero-order valence-electron chi connectivity index (χ0n) is 11.6. The highest BCUT2D eigenvalue weighted by Gasteiger charge is 2.24. The zero-order valence-corrected chi connectivity index (χ0v) is 12.4. The number of ether oxygens (including phenoxy) is 1. The quantitative estimate of drug-likeness (QED) is 0.942. The normalized spacial score (nSPS) is 12.8. The maximum Gasteiger partial charge on any atom is 0.161 e. The second-order valence-electron chi connectivity index (χ2n) is 4.76. The van der Waals surface area contributed by atoms with E-state index >= 15 is 0 Å². The van der Waals surface area contributed by atoms with Gasteiger partial charge in [0.25, 0.3) is 0 Å². The van der Waals surface area contributed by atoms with Crippen LogP contribution < -0.4 is 10.5 Å². The van der Waals surface area contributed by atoms with Crippen LogP contribution >= 0.6 is 11.6 Å². The van der Waals surface area contributed by atoms with Crippen molar-refractivity contribution in [1.29, 1.82) is 0 Å². The van der Waals surface area contributed by atoms with Gasteiger partial charge in [0.2, 0.25) is 0 Å². The standard InChI is InChI=1S/C14H17ClFN3O/c1-8(2)19-14(11(20-3)7-18-19)13(17)9-5-4-6-10(16)12(9)15/h4-8,13H,17H2,1-3H3. The summed E-state index contributed by atoms with van der Waals surface area (Å²) in [6, 6.07) is 4.08. The SMILES string of the molecule is COc1cnn(C(C)C)c1C(N)c1cccc(F)c1Cl. The highest BCUT2D eigenvalue weighted by Crippen LogP contribution is 2.34. The number of methoxy groups -OCH3 is 1. The van der Waals surface area contributed by atoms with E-state index in [-0.39, 0.29) is 11.1 Å². The highest BCUT2D eigenvalue weighted by molar-refractivity contribution is 6.31. The van der Waals surface area contributed by atoms with E-state index in [1.807, 2.05) is 13.8 Å². The zero-order chi connectivity index (χ0) is 14.9. The predicted octanol–water partition coefficient (Wildman–Crippen LogP) is 3.31. The summed E-state index contributed by atoms with van der Waals surface area (Å²) in [5.41, 5.74) is 7.44. The molecule has 0 fully saturated rings. The van der Waals surface area contributed by atoms with Gasteiger partial charge in [-0.05, 0) is 25.5 Å². The molecule has 1 heterocycles. The molecule has 20 heavy (non-hydrogen) atoms. The van der Waals surface area contributed by atoms with Gasteiger partial charge >= 0.3 is 0 Å². The summed E-state index contributed by atoms with van der Waals surface area (Å²) < 4.78 is 20.6. The molecule has 0 aliphatic carbocycles. The van der Waals surface area contributed by atoms with Gasteiger partial charge in [0.15, 0.2) is 5.75 Å². The van der Waals surface area contributed by atoms with Crippen LogP contribution in [0.4, 0.5) is 4.39 Å². The Labute approximate surface area is 122 Å². The lowest BCUT2D eigenvalue weighted by Gasteiger charge is -2.19. The van der Waals surface area contributed by atoms with Gasteiger partial charge in [-0.3, -0.25) is 4.68 Å². The molecule has 2 N–H and O–H groups in total. The molecule has 1 aromatic heterocycles. The molecule has 0 spiro atoms. The fourth-order valence-electron chi connectivity index (χ4n) is 2.13. The summed E-state index contributed by atoms with van der Waals surface area (Å²) >= 11 is 6.01. The van der Waals surface area contributed by atoms with E-state index in [2.05, 4.69) is 5.10 Å². The van der Waals surface area contributed by atoms with E-state index in [0.29, 0.717) is 17.0 Å². The average molecular weight is 298 g/mol. The van der Waals surface area contributed by atoms with Gasteiger partial charge in [-0.25, -0.2) is 4.39 Å². The summed E-state index contributed by atoms with van der Waals surface area (Å²) in [5.74, 6) is 0.0701. The van der Waals surface area contributed by atoms with Gasteiger partial charge in [-0.2, -0.15) is 5.10 Å². The van der Waals surface area contributed by atoms with Gasteiger partial charge in [0.1, 0.15) is 11.5 Å². The molecule has 0 aliphatic heterocycles. The fraction of sp³-hybridized carbons (Fsp3) is 0.357. The molecule has 1 atom stereocenters. The Morgan fingerprint density at radius 3 is 2.70 bits per heavy atom. The van der Waals surface area contributed by atoms with Crippen molar-refractivity contribution in [3.8, 4) is 5.75 Å². The number of nitrogens with zero attached hydrogens (tertiary/aromatic N) is 2. The molecule has 6 heteroatoms. The number of aromatic nitrogens is 2. The summed E-state index contributed by atoms with van der Waals surface area (Å²) in [6.45, 7) is 3.96. The van der Waals surface area contributed by atoms with Crippen LogP contribution in [0, 0.1) is 5.82 Å². The maximum absolute atomic E-state index is 13.6. The van der Waals surface area contributed by atoms with Crippen molar-refractivity contribution >= 4 is 11.6 Å². The number of hydrogen-bond donors (Lipinski definition) is 1. The topological polar surface area (TPSA) is 53.1 Å². The first-order valence-electron chi connectivity index (χ1n) is 6.28. The van der Waals surface area contributed by atoms with Crippen LogP contribution in [0.15, 0.2) is 24.4 Å². The fourth-order valence-corrected chi connectivity index (χ4v) is 2.37. The summed E-state index contributed by atoms with van der Waals surface area (Å²) in [6.07, 6.45) is 1.60. The summed E-state index contributed by atoms with van der Waals surface area (Å²) in [7, 11) is 1.55. The van der Waals surface area contributed by atoms with Crippen molar-refractivity contribution in [1.82, 2.24) is 9.78 Å². The van der Waals surface area contributed by atoms with Gasteiger partial charge in [-0.1, -0.05) is 23.7 Å². The molecule has 0 saturated heterocycles. The van der Waals surface area contributed by atoms with Gasteiger partial charge in [0.05, 0.1) is 24.4 Å². The van der Waals surface area contributed by atoms with Crippen molar-refractivity contribution in [2.45, 2.75) is 25.9 Å². The van der Waals surface area contributed by atoms with Gasteiger partial charge in [0, 0.05) is 6.04 Å². The lowest BCUT2D eigenvalue weighted by Crippen LogP contribution is -2.20. The lowest BCUT2D eigenvalue weighted by atomic mass is 10.0. The molecule has 2 rings (SSSR count). The minimum absolute atomic E-state index is 0.0264. The third kappa shape index (κ3) is 2.51. The van der Waals surface area contributed by atoms with Crippen LogP contribution in [0.2, 0.25) is 5.02 Å².